The lowest BCUT2D eigenvalue weighted by Gasteiger charge is -2.27. The Morgan fingerprint density at radius 3 is 2.54 bits per heavy atom. The third-order valence-corrected chi connectivity index (χ3v) is 5.27. The van der Waals surface area contributed by atoms with Gasteiger partial charge in [0.25, 0.3) is 0 Å². The van der Waals surface area contributed by atoms with Gasteiger partial charge in [-0.25, -0.2) is 4.79 Å². The molecule has 0 saturated heterocycles. The van der Waals surface area contributed by atoms with E-state index in [1.165, 1.54) is 18.4 Å². The summed E-state index contributed by atoms with van der Waals surface area (Å²) in [5, 5.41) is 3.00. The van der Waals surface area contributed by atoms with E-state index in [0.717, 1.165) is 25.2 Å². The zero-order chi connectivity index (χ0) is 20.1. The van der Waals surface area contributed by atoms with Gasteiger partial charge in [0, 0.05) is 38.9 Å². The summed E-state index contributed by atoms with van der Waals surface area (Å²) < 4.78 is 4.70. The SMILES string of the molecule is COC(=O)c1ccc(CNC(=O)C(C)N2CCN(C)c3ccccc3C2)cc1. The third-order valence-electron chi connectivity index (χ3n) is 5.27. The number of rotatable bonds is 5. The molecular weight excluding hydrogens is 354 g/mol. The molecule has 1 atom stereocenters. The van der Waals surface area contributed by atoms with E-state index in [1.807, 2.05) is 31.2 Å². The van der Waals surface area contributed by atoms with Gasteiger partial charge in [0.1, 0.15) is 0 Å². The lowest BCUT2D eigenvalue weighted by molar-refractivity contribution is -0.126. The molecule has 0 aliphatic carbocycles. The third kappa shape index (κ3) is 4.51. The van der Waals surface area contributed by atoms with Crippen LogP contribution < -0.4 is 10.2 Å². The van der Waals surface area contributed by atoms with E-state index in [4.69, 9.17) is 4.74 Å². The fourth-order valence-electron chi connectivity index (χ4n) is 3.42. The summed E-state index contributed by atoms with van der Waals surface area (Å²) in [5.41, 5.74) is 3.90. The number of benzene rings is 2. The summed E-state index contributed by atoms with van der Waals surface area (Å²) in [6.45, 7) is 4.83. The van der Waals surface area contributed by atoms with Crippen molar-refractivity contribution in [2.24, 2.45) is 0 Å². The molecule has 6 nitrogen and oxygen atoms in total. The zero-order valence-corrected chi connectivity index (χ0v) is 16.6. The standard InChI is InChI=1S/C22H27N3O3/c1-16(25-13-12-24(2)20-7-5-4-6-19(20)15-25)21(26)23-14-17-8-10-18(11-9-17)22(27)28-3/h4-11,16H,12-15H2,1-3H3,(H,23,26). The lowest BCUT2D eigenvalue weighted by atomic mass is 10.1. The number of para-hydroxylation sites is 1. The molecule has 0 spiro atoms. The number of esters is 1. The van der Waals surface area contributed by atoms with Crippen LogP contribution in [0, 0.1) is 0 Å². The minimum atomic E-state index is -0.365. The number of nitrogens with one attached hydrogen (secondary N) is 1. The quantitative estimate of drug-likeness (QED) is 0.806. The van der Waals surface area contributed by atoms with Crippen LogP contribution in [0.15, 0.2) is 48.5 Å². The highest BCUT2D eigenvalue weighted by atomic mass is 16.5. The van der Waals surface area contributed by atoms with Gasteiger partial charge in [-0.1, -0.05) is 30.3 Å². The molecule has 0 saturated carbocycles. The van der Waals surface area contributed by atoms with Crippen molar-refractivity contribution in [2.45, 2.75) is 26.1 Å². The second-order valence-corrected chi connectivity index (χ2v) is 7.10. The number of ether oxygens (including phenoxy) is 1. The molecule has 1 aliphatic rings. The molecule has 1 heterocycles. The van der Waals surface area contributed by atoms with Crippen LogP contribution in [0.2, 0.25) is 0 Å². The van der Waals surface area contributed by atoms with Gasteiger partial charge in [-0.3, -0.25) is 9.69 Å². The van der Waals surface area contributed by atoms with Crippen LogP contribution >= 0.6 is 0 Å². The average molecular weight is 381 g/mol. The number of carbonyl (C=O) groups excluding carboxylic acids is 2. The summed E-state index contributed by atoms with van der Waals surface area (Å²) in [6.07, 6.45) is 0. The van der Waals surface area contributed by atoms with Gasteiger partial charge >= 0.3 is 5.97 Å². The van der Waals surface area contributed by atoms with Crippen LogP contribution in [0.1, 0.15) is 28.4 Å². The molecule has 6 heteroatoms. The first-order valence-corrected chi connectivity index (χ1v) is 9.47. The summed E-state index contributed by atoms with van der Waals surface area (Å²) in [5.74, 6) is -0.366. The molecule has 148 valence electrons. The van der Waals surface area contributed by atoms with Gasteiger partial charge in [-0.15, -0.1) is 0 Å². The van der Waals surface area contributed by atoms with Crippen molar-refractivity contribution in [1.82, 2.24) is 10.2 Å². The Morgan fingerprint density at radius 2 is 1.82 bits per heavy atom. The molecule has 2 aromatic rings. The van der Waals surface area contributed by atoms with E-state index in [2.05, 4.69) is 34.3 Å². The number of likely N-dealkylation sites (N-methyl/N-ethyl adjacent to an activating group) is 1. The average Bonchev–Trinajstić information content (AvgIpc) is 2.90. The van der Waals surface area contributed by atoms with Crippen LogP contribution in [-0.4, -0.2) is 50.1 Å². The molecule has 0 bridgehead atoms. The smallest absolute Gasteiger partial charge is 0.337 e. The van der Waals surface area contributed by atoms with Crippen LogP contribution in [0.5, 0.6) is 0 Å². The summed E-state index contributed by atoms with van der Waals surface area (Å²) in [4.78, 5) is 28.6. The molecule has 1 unspecified atom stereocenters. The van der Waals surface area contributed by atoms with E-state index >= 15 is 0 Å². The Bertz CT molecular complexity index is 835. The second kappa shape index (κ2) is 8.89. The normalized spacial score (nSPS) is 15.3. The van der Waals surface area contributed by atoms with Gasteiger partial charge in [0.2, 0.25) is 5.91 Å². The topological polar surface area (TPSA) is 61.9 Å². The minimum Gasteiger partial charge on any atom is -0.465 e. The Morgan fingerprint density at radius 1 is 1.11 bits per heavy atom. The number of anilines is 1. The molecular formula is C22H27N3O3. The highest BCUT2D eigenvalue weighted by Crippen LogP contribution is 2.24. The number of nitrogens with zero attached hydrogens (tertiary/aromatic N) is 2. The Labute approximate surface area is 166 Å². The first-order chi connectivity index (χ1) is 13.5. The van der Waals surface area contributed by atoms with Gasteiger partial charge < -0.3 is 15.0 Å². The van der Waals surface area contributed by atoms with E-state index in [-0.39, 0.29) is 17.9 Å². The van der Waals surface area contributed by atoms with Crippen molar-refractivity contribution >= 4 is 17.6 Å². The van der Waals surface area contributed by atoms with E-state index in [9.17, 15) is 9.59 Å². The van der Waals surface area contributed by atoms with Crippen molar-refractivity contribution in [1.29, 1.82) is 0 Å². The maximum absolute atomic E-state index is 12.7. The fraction of sp³-hybridized carbons (Fsp3) is 0.364. The van der Waals surface area contributed by atoms with Crippen molar-refractivity contribution in [3.05, 3.63) is 65.2 Å². The fourth-order valence-corrected chi connectivity index (χ4v) is 3.42. The number of amides is 1. The van der Waals surface area contributed by atoms with Gasteiger partial charge in [0.05, 0.1) is 18.7 Å². The largest absolute Gasteiger partial charge is 0.465 e. The number of hydrogen-bond acceptors (Lipinski definition) is 5. The molecule has 1 N–H and O–H groups in total. The maximum Gasteiger partial charge on any atom is 0.337 e. The van der Waals surface area contributed by atoms with Gasteiger partial charge in [-0.05, 0) is 36.2 Å². The molecule has 0 fully saturated rings. The molecule has 3 rings (SSSR count). The van der Waals surface area contributed by atoms with Crippen LogP contribution in [0.25, 0.3) is 0 Å². The number of fused-ring (bicyclic) bond motifs is 1. The van der Waals surface area contributed by atoms with Crippen molar-refractivity contribution in [3.63, 3.8) is 0 Å². The van der Waals surface area contributed by atoms with Crippen molar-refractivity contribution < 1.29 is 14.3 Å². The molecule has 1 amide bonds. The number of methoxy groups -OCH3 is 1. The first kappa shape index (κ1) is 19.9. The molecule has 1 aliphatic heterocycles. The highest BCUT2D eigenvalue weighted by molar-refractivity contribution is 5.89. The van der Waals surface area contributed by atoms with E-state index < -0.39 is 0 Å². The summed E-state index contributed by atoms with van der Waals surface area (Å²) >= 11 is 0. The number of hydrogen-bond donors (Lipinski definition) is 1. The van der Waals surface area contributed by atoms with Crippen molar-refractivity contribution in [2.75, 3.05) is 32.1 Å². The molecule has 2 aromatic carbocycles. The van der Waals surface area contributed by atoms with Crippen molar-refractivity contribution in [3.8, 4) is 0 Å². The van der Waals surface area contributed by atoms with Gasteiger partial charge in [0.15, 0.2) is 0 Å². The summed E-state index contributed by atoms with van der Waals surface area (Å²) in [6, 6.07) is 15.2. The van der Waals surface area contributed by atoms with Crippen LogP contribution in [0.3, 0.4) is 0 Å². The first-order valence-electron chi connectivity index (χ1n) is 9.47. The maximum atomic E-state index is 12.7. The summed E-state index contributed by atoms with van der Waals surface area (Å²) in [7, 11) is 3.45. The van der Waals surface area contributed by atoms with Gasteiger partial charge in [-0.2, -0.15) is 0 Å². The highest BCUT2D eigenvalue weighted by Gasteiger charge is 2.25. The monoisotopic (exact) mass is 381 g/mol. The van der Waals surface area contributed by atoms with E-state index in [1.54, 1.807) is 12.1 Å². The van der Waals surface area contributed by atoms with Crippen LogP contribution in [0.4, 0.5) is 5.69 Å². The number of carbonyl (C=O) groups is 2. The Hall–Kier alpha value is -2.86. The van der Waals surface area contributed by atoms with E-state index in [0.29, 0.717) is 12.1 Å². The second-order valence-electron chi connectivity index (χ2n) is 7.10. The Kier molecular flexibility index (Phi) is 6.31. The molecule has 0 radical (unpaired) electrons. The predicted molar refractivity (Wildman–Crippen MR) is 109 cm³/mol. The van der Waals surface area contributed by atoms with Crippen LogP contribution in [-0.2, 0) is 22.6 Å². The zero-order valence-electron chi connectivity index (χ0n) is 16.6. The Balaban J connectivity index is 1.59. The lowest BCUT2D eigenvalue weighted by Crippen LogP contribution is -2.45. The molecule has 0 aromatic heterocycles. The molecule has 28 heavy (non-hydrogen) atoms. The minimum absolute atomic E-state index is 0.000853. The predicted octanol–water partition coefficient (Wildman–Crippen LogP) is 2.43.